The van der Waals surface area contributed by atoms with Gasteiger partial charge in [0, 0.05) is 11.3 Å². The molecule has 0 bridgehead atoms. The number of aryl methyl sites for hydroxylation is 1. The third kappa shape index (κ3) is 3.90. The summed E-state index contributed by atoms with van der Waals surface area (Å²) in [6, 6.07) is 0. The molecule has 0 aliphatic rings. The summed E-state index contributed by atoms with van der Waals surface area (Å²) in [6.45, 7) is 1.68. The van der Waals surface area contributed by atoms with Crippen LogP contribution < -0.4 is 5.14 Å². The predicted molar refractivity (Wildman–Crippen MR) is 58.5 cm³/mol. The zero-order valence-corrected chi connectivity index (χ0v) is 10.2. The summed E-state index contributed by atoms with van der Waals surface area (Å²) >= 11 is 11.4. The molecule has 0 aromatic carbocycles. The van der Waals surface area contributed by atoms with Gasteiger partial charge in [-0.3, -0.25) is 0 Å². The molecule has 0 spiro atoms. The fourth-order valence-corrected chi connectivity index (χ4v) is 2.11. The Bertz CT molecular complexity index is 452. The zero-order chi connectivity index (χ0) is 11.6. The molecule has 8 heteroatoms. The third-order valence-electron chi connectivity index (χ3n) is 1.77. The minimum Gasteiger partial charge on any atom is -0.229 e. The summed E-state index contributed by atoms with van der Waals surface area (Å²) in [5.74, 6) is -0.196. The number of nitrogens with two attached hydrogens (primary N) is 1. The molecule has 0 aliphatic carbocycles. The molecule has 0 aliphatic heterocycles. The van der Waals surface area contributed by atoms with Crippen LogP contribution in [0, 0.1) is 6.92 Å². The molecule has 1 aromatic heterocycles. The first-order valence-corrected chi connectivity index (χ1v) is 6.46. The van der Waals surface area contributed by atoms with Crippen molar-refractivity contribution in [1.82, 2.24) is 9.97 Å². The molecule has 0 saturated heterocycles. The fraction of sp³-hybridized carbons (Fsp3) is 0.429. The summed E-state index contributed by atoms with van der Waals surface area (Å²) in [5.41, 5.74) is 1.11. The molecule has 2 N–H and O–H groups in total. The monoisotopic (exact) mass is 269 g/mol. The van der Waals surface area contributed by atoms with Gasteiger partial charge in [-0.1, -0.05) is 11.6 Å². The standard InChI is InChI=1S/C7H9Cl2N3O2S/c1-4-5(2-3-15(10,13)14)6(8)12-7(9)11-4/h2-3H2,1H3,(H2,10,13,14). The first-order valence-electron chi connectivity index (χ1n) is 3.98. The molecule has 0 atom stereocenters. The van der Waals surface area contributed by atoms with Crippen molar-refractivity contribution in [2.24, 2.45) is 5.14 Å². The van der Waals surface area contributed by atoms with Crippen LogP contribution in [0.2, 0.25) is 10.4 Å². The Morgan fingerprint density at radius 1 is 1.33 bits per heavy atom. The average Bonchev–Trinajstić information content (AvgIpc) is 1.99. The maximum Gasteiger partial charge on any atom is 0.224 e. The van der Waals surface area contributed by atoms with Gasteiger partial charge in [0.2, 0.25) is 15.3 Å². The minimum absolute atomic E-state index is 0.0388. The molecule has 1 heterocycles. The van der Waals surface area contributed by atoms with Gasteiger partial charge in [-0.25, -0.2) is 23.5 Å². The Balaban J connectivity index is 2.96. The molecular formula is C7H9Cl2N3O2S. The van der Waals surface area contributed by atoms with E-state index in [9.17, 15) is 8.42 Å². The summed E-state index contributed by atoms with van der Waals surface area (Å²) in [7, 11) is -3.51. The Kier molecular flexibility index (Phi) is 3.88. The van der Waals surface area contributed by atoms with Crippen molar-refractivity contribution < 1.29 is 8.42 Å². The molecule has 0 saturated carbocycles. The molecule has 15 heavy (non-hydrogen) atoms. The topological polar surface area (TPSA) is 85.9 Å². The number of hydrogen-bond acceptors (Lipinski definition) is 4. The normalized spacial score (nSPS) is 11.7. The van der Waals surface area contributed by atoms with Gasteiger partial charge in [-0.05, 0) is 24.9 Å². The average molecular weight is 270 g/mol. The van der Waals surface area contributed by atoms with Crippen molar-refractivity contribution in [3.05, 3.63) is 21.7 Å². The van der Waals surface area contributed by atoms with E-state index in [1.54, 1.807) is 6.92 Å². The van der Waals surface area contributed by atoms with Crippen LogP contribution in [0.4, 0.5) is 0 Å². The molecular weight excluding hydrogens is 261 g/mol. The van der Waals surface area contributed by atoms with Gasteiger partial charge in [0.05, 0.1) is 5.75 Å². The SMILES string of the molecule is Cc1nc(Cl)nc(Cl)c1CCS(N)(=O)=O. The first-order chi connectivity index (χ1) is 6.79. The lowest BCUT2D eigenvalue weighted by Gasteiger charge is -2.06. The van der Waals surface area contributed by atoms with E-state index in [2.05, 4.69) is 9.97 Å². The second-order valence-electron chi connectivity index (χ2n) is 2.96. The van der Waals surface area contributed by atoms with Crippen LogP contribution in [-0.2, 0) is 16.4 Å². The van der Waals surface area contributed by atoms with Crippen LogP contribution in [0.3, 0.4) is 0 Å². The number of aromatic nitrogens is 2. The van der Waals surface area contributed by atoms with Crippen molar-refractivity contribution in [2.45, 2.75) is 13.3 Å². The Hall–Kier alpha value is -0.430. The molecule has 1 aromatic rings. The van der Waals surface area contributed by atoms with Crippen LogP contribution >= 0.6 is 23.2 Å². The van der Waals surface area contributed by atoms with E-state index in [0.29, 0.717) is 11.3 Å². The lowest BCUT2D eigenvalue weighted by molar-refractivity contribution is 0.597. The molecule has 84 valence electrons. The first kappa shape index (κ1) is 12.6. The van der Waals surface area contributed by atoms with Crippen LogP contribution in [0.5, 0.6) is 0 Å². The van der Waals surface area contributed by atoms with Gasteiger partial charge in [-0.15, -0.1) is 0 Å². The Morgan fingerprint density at radius 3 is 2.40 bits per heavy atom. The van der Waals surface area contributed by atoms with Crippen molar-refractivity contribution >= 4 is 33.2 Å². The lowest BCUT2D eigenvalue weighted by Crippen LogP contribution is -2.18. The van der Waals surface area contributed by atoms with Crippen LogP contribution in [0.1, 0.15) is 11.3 Å². The quantitative estimate of drug-likeness (QED) is 0.653. The van der Waals surface area contributed by atoms with E-state index in [1.807, 2.05) is 0 Å². The number of nitrogens with zero attached hydrogens (tertiary/aromatic N) is 2. The number of rotatable bonds is 3. The number of hydrogen-bond donors (Lipinski definition) is 1. The molecule has 0 radical (unpaired) electrons. The van der Waals surface area contributed by atoms with Crippen LogP contribution in [-0.4, -0.2) is 24.1 Å². The molecule has 5 nitrogen and oxygen atoms in total. The fourth-order valence-electron chi connectivity index (χ4n) is 1.06. The zero-order valence-electron chi connectivity index (χ0n) is 7.87. The molecule has 0 unspecified atom stereocenters. The highest BCUT2D eigenvalue weighted by Crippen LogP contribution is 2.19. The number of sulfonamides is 1. The van der Waals surface area contributed by atoms with E-state index >= 15 is 0 Å². The van der Waals surface area contributed by atoms with Crippen molar-refractivity contribution in [3.63, 3.8) is 0 Å². The molecule has 1 rings (SSSR count). The summed E-state index contributed by atoms with van der Waals surface area (Å²) in [6.07, 6.45) is 0.181. The van der Waals surface area contributed by atoms with Gasteiger partial charge in [0.25, 0.3) is 0 Å². The van der Waals surface area contributed by atoms with E-state index < -0.39 is 10.0 Å². The van der Waals surface area contributed by atoms with Gasteiger partial charge in [0.15, 0.2) is 0 Å². The summed E-state index contributed by atoms with van der Waals surface area (Å²) in [5, 5.41) is 5.08. The Morgan fingerprint density at radius 2 is 1.93 bits per heavy atom. The van der Waals surface area contributed by atoms with Crippen LogP contribution in [0.25, 0.3) is 0 Å². The van der Waals surface area contributed by atoms with Crippen molar-refractivity contribution in [3.8, 4) is 0 Å². The van der Waals surface area contributed by atoms with Gasteiger partial charge in [-0.2, -0.15) is 0 Å². The Labute approximate surface area is 97.7 Å². The van der Waals surface area contributed by atoms with Crippen molar-refractivity contribution in [1.29, 1.82) is 0 Å². The molecule has 0 amide bonds. The van der Waals surface area contributed by atoms with Crippen LogP contribution in [0.15, 0.2) is 0 Å². The maximum atomic E-state index is 10.8. The highest BCUT2D eigenvalue weighted by Gasteiger charge is 2.12. The van der Waals surface area contributed by atoms with Gasteiger partial charge >= 0.3 is 0 Å². The molecule has 0 fully saturated rings. The number of primary sulfonamides is 1. The smallest absolute Gasteiger partial charge is 0.224 e. The largest absolute Gasteiger partial charge is 0.229 e. The van der Waals surface area contributed by atoms with Gasteiger partial charge < -0.3 is 0 Å². The van der Waals surface area contributed by atoms with E-state index in [0.717, 1.165) is 0 Å². The third-order valence-corrected chi connectivity index (χ3v) is 3.03. The highest BCUT2D eigenvalue weighted by atomic mass is 35.5. The highest BCUT2D eigenvalue weighted by molar-refractivity contribution is 7.89. The van der Waals surface area contributed by atoms with E-state index in [4.69, 9.17) is 28.3 Å². The summed E-state index contributed by atoms with van der Waals surface area (Å²) in [4.78, 5) is 7.59. The van der Waals surface area contributed by atoms with Gasteiger partial charge in [0.1, 0.15) is 5.15 Å². The minimum atomic E-state index is -3.51. The predicted octanol–water partition coefficient (Wildman–Crippen LogP) is 0.923. The summed E-state index contributed by atoms with van der Waals surface area (Å²) < 4.78 is 21.5. The number of halogens is 2. The second kappa shape index (κ2) is 4.61. The maximum absolute atomic E-state index is 10.8. The second-order valence-corrected chi connectivity index (χ2v) is 5.39. The van der Waals surface area contributed by atoms with Crippen molar-refractivity contribution in [2.75, 3.05) is 5.75 Å². The van der Waals surface area contributed by atoms with E-state index in [1.165, 1.54) is 0 Å². The lowest BCUT2D eigenvalue weighted by atomic mass is 10.2. The van der Waals surface area contributed by atoms with E-state index in [-0.39, 0.29) is 22.6 Å².